The highest BCUT2D eigenvalue weighted by atomic mass is 16.6. The average Bonchev–Trinajstić information content (AvgIpc) is 3.33. The molecule has 0 saturated carbocycles. The topological polar surface area (TPSA) is 78.9 Å². The van der Waals surface area contributed by atoms with E-state index in [4.69, 9.17) is 14.2 Å². The first-order valence-corrected chi connectivity index (χ1v) is 30.4. The van der Waals surface area contributed by atoms with Crippen molar-refractivity contribution >= 4 is 17.9 Å². The number of carbonyl (C=O) groups is 3. The lowest BCUT2D eigenvalue weighted by Crippen LogP contribution is -2.30. The molecule has 6 heteroatoms. The van der Waals surface area contributed by atoms with Gasteiger partial charge in [-0.15, -0.1) is 0 Å². The van der Waals surface area contributed by atoms with Gasteiger partial charge in [0.05, 0.1) is 0 Å². The normalized spacial score (nSPS) is 12.4. The molecule has 0 bridgehead atoms. The van der Waals surface area contributed by atoms with Crippen molar-refractivity contribution in [3.63, 3.8) is 0 Å². The molecule has 0 aromatic carbocycles. The first-order valence-electron chi connectivity index (χ1n) is 30.4. The summed E-state index contributed by atoms with van der Waals surface area (Å²) in [5.74, 6) is 0.0650. The summed E-state index contributed by atoms with van der Waals surface area (Å²) in [7, 11) is 0. The highest BCUT2D eigenvalue weighted by Gasteiger charge is 2.19. The van der Waals surface area contributed by atoms with Crippen molar-refractivity contribution in [2.45, 2.75) is 355 Å². The first kappa shape index (κ1) is 65.4. The molecule has 0 amide bonds. The summed E-state index contributed by atoms with van der Waals surface area (Å²) in [5, 5.41) is 0. The molecule has 1 unspecified atom stereocenters. The number of esters is 3. The van der Waals surface area contributed by atoms with E-state index in [1.165, 1.54) is 244 Å². The zero-order valence-electron chi connectivity index (χ0n) is 45.9. The Labute approximate surface area is 418 Å². The molecule has 0 aromatic rings. The highest BCUT2D eigenvalue weighted by Crippen LogP contribution is 2.19. The van der Waals surface area contributed by atoms with Gasteiger partial charge in [-0.05, 0) is 25.2 Å². The van der Waals surface area contributed by atoms with E-state index >= 15 is 0 Å². The number of hydrogen-bond donors (Lipinski definition) is 0. The second kappa shape index (κ2) is 55.3. The fourth-order valence-electron chi connectivity index (χ4n) is 9.42. The SMILES string of the molecule is CCCCCCCCCCCCCCCCCCC(=O)OC[C@H](COC(=O)CCCCCCCCCCCCCCCCC(C)CC)OC(=O)CCCCCCCCCCCCCCCCC. The minimum Gasteiger partial charge on any atom is -0.462 e. The third-order valence-corrected chi connectivity index (χ3v) is 14.4. The van der Waals surface area contributed by atoms with Gasteiger partial charge in [0, 0.05) is 19.3 Å². The van der Waals surface area contributed by atoms with Crippen LogP contribution in [0.3, 0.4) is 0 Å². The predicted octanol–water partition coefficient (Wildman–Crippen LogP) is 20.2. The predicted molar refractivity (Wildman–Crippen MR) is 289 cm³/mol. The summed E-state index contributed by atoms with van der Waals surface area (Å²) >= 11 is 0. The molecule has 0 spiro atoms. The Bertz CT molecular complexity index is 1010. The van der Waals surface area contributed by atoms with Gasteiger partial charge in [0.15, 0.2) is 6.10 Å². The van der Waals surface area contributed by atoms with E-state index in [0.717, 1.165) is 63.7 Å². The molecule has 0 heterocycles. The molecule has 2 atom stereocenters. The fourth-order valence-corrected chi connectivity index (χ4v) is 9.42. The third kappa shape index (κ3) is 53.6. The molecule has 0 radical (unpaired) electrons. The van der Waals surface area contributed by atoms with Crippen LogP contribution in [0.2, 0.25) is 0 Å². The number of carbonyl (C=O) groups excluding carboxylic acids is 3. The van der Waals surface area contributed by atoms with Crippen LogP contribution in [-0.4, -0.2) is 37.2 Å². The molecule has 398 valence electrons. The van der Waals surface area contributed by atoms with Crippen molar-refractivity contribution in [2.75, 3.05) is 13.2 Å². The molecule has 0 N–H and O–H groups in total. The maximum absolute atomic E-state index is 12.9. The Balaban J connectivity index is 4.29. The van der Waals surface area contributed by atoms with Gasteiger partial charge in [0.2, 0.25) is 0 Å². The van der Waals surface area contributed by atoms with Crippen LogP contribution in [-0.2, 0) is 28.6 Å². The van der Waals surface area contributed by atoms with Crippen molar-refractivity contribution in [3.8, 4) is 0 Å². The summed E-state index contributed by atoms with van der Waals surface area (Å²) in [6.07, 6.45) is 60.8. The largest absolute Gasteiger partial charge is 0.462 e. The number of hydrogen-bond acceptors (Lipinski definition) is 6. The third-order valence-electron chi connectivity index (χ3n) is 14.4. The number of ether oxygens (including phenoxy) is 3. The van der Waals surface area contributed by atoms with Crippen LogP contribution < -0.4 is 0 Å². The summed E-state index contributed by atoms with van der Waals surface area (Å²) in [6, 6.07) is 0. The molecular formula is C61H118O6. The van der Waals surface area contributed by atoms with Crippen LogP contribution in [0.5, 0.6) is 0 Å². The Morgan fingerprint density at radius 1 is 0.299 bits per heavy atom. The maximum Gasteiger partial charge on any atom is 0.306 e. The molecule has 67 heavy (non-hydrogen) atoms. The van der Waals surface area contributed by atoms with E-state index < -0.39 is 6.10 Å². The van der Waals surface area contributed by atoms with Crippen LogP contribution in [0.4, 0.5) is 0 Å². The van der Waals surface area contributed by atoms with Crippen molar-refractivity contribution in [3.05, 3.63) is 0 Å². The molecule has 0 aliphatic rings. The van der Waals surface area contributed by atoms with Crippen molar-refractivity contribution in [2.24, 2.45) is 5.92 Å². The van der Waals surface area contributed by atoms with Crippen molar-refractivity contribution in [1.82, 2.24) is 0 Å². The Morgan fingerprint density at radius 3 is 0.776 bits per heavy atom. The first-order chi connectivity index (χ1) is 32.9. The van der Waals surface area contributed by atoms with E-state index in [1.54, 1.807) is 0 Å². The summed E-state index contributed by atoms with van der Waals surface area (Å²) < 4.78 is 16.9. The molecule has 0 aliphatic carbocycles. The molecule has 0 aliphatic heterocycles. The molecular weight excluding hydrogens is 829 g/mol. The van der Waals surface area contributed by atoms with E-state index in [-0.39, 0.29) is 31.1 Å². The highest BCUT2D eigenvalue weighted by molar-refractivity contribution is 5.71. The van der Waals surface area contributed by atoms with E-state index in [9.17, 15) is 14.4 Å². The van der Waals surface area contributed by atoms with Crippen LogP contribution in [0, 0.1) is 5.92 Å². The van der Waals surface area contributed by atoms with Crippen LogP contribution in [0.25, 0.3) is 0 Å². The van der Waals surface area contributed by atoms with Crippen molar-refractivity contribution < 1.29 is 28.6 Å². The summed E-state index contributed by atoms with van der Waals surface area (Å²) in [4.78, 5) is 38.2. The molecule has 6 nitrogen and oxygen atoms in total. The Hall–Kier alpha value is -1.59. The lowest BCUT2D eigenvalue weighted by atomic mass is 9.99. The van der Waals surface area contributed by atoms with Crippen LogP contribution in [0.1, 0.15) is 349 Å². The lowest BCUT2D eigenvalue weighted by molar-refractivity contribution is -0.167. The minimum atomic E-state index is -0.762. The second-order valence-electron chi connectivity index (χ2n) is 21.2. The Kier molecular flexibility index (Phi) is 54.0. The minimum absolute atomic E-state index is 0.0614. The second-order valence-corrected chi connectivity index (χ2v) is 21.2. The van der Waals surface area contributed by atoms with E-state index in [1.807, 2.05) is 0 Å². The average molecular weight is 948 g/mol. The zero-order valence-corrected chi connectivity index (χ0v) is 45.9. The van der Waals surface area contributed by atoms with Crippen LogP contribution in [0.15, 0.2) is 0 Å². The molecule has 0 fully saturated rings. The lowest BCUT2D eigenvalue weighted by Gasteiger charge is -2.18. The molecule has 0 saturated heterocycles. The smallest absolute Gasteiger partial charge is 0.306 e. The Morgan fingerprint density at radius 2 is 0.522 bits per heavy atom. The van der Waals surface area contributed by atoms with Gasteiger partial charge in [-0.3, -0.25) is 14.4 Å². The number of unbranched alkanes of at least 4 members (excludes halogenated alkanes) is 42. The van der Waals surface area contributed by atoms with Gasteiger partial charge in [-0.25, -0.2) is 0 Å². The standard InChI is InChI=1S/C61H118O6/c1-5-8-10-12-14-16-18-20-22-24-28-32-36-40-44-48-52-59(62)65-55-58(67-61(64)54-50-46-42-38-34-30-23-21-19-17-15-13-11-9-6-2)56-66-60(63)53-49-45-41-37-33-29-26-25-27-31-35-39-43-47-51-57(4)7-3/h57-58H,5-56H2,1-4H3/t57?,58-/m1/s1. The maximum atomic E-state index is 12.9. The van der Waals surface area contributed by atoms with Gasteiger partial charge >= 0.3 is 17.9 Å². The van der Waals surface area contributed by atoms with Crippen molar-refractivity contribution in [1.29, 1.82) is 0 Å². The van der Waals surface area contributed by atoms with Gasteiger partial charge in [0.25, 0.3) is 0 Å². The molecule has 0 rings (SSSR count). The zero-order chi connectivity index (χ0) is 48.8. The van der Waals surface area contributed by atoms with Gasteiger partial charge in [-0.2, -0.15) is 0 Å². The van der Waals surface area contributed by atoms with Gasteiger partial charge < -0.3 is 14.2 Å². The summed E-state index contributed by atoms with van der Waals surface area (Å²) in [6.45, 7) is 9.11. The van der Waals surface area contributed by atoms with E-state index in [0.29, 0.717) is 19.3 Å². The monoisotopic (exact) mass is 947 g/mol. The van der Waals surface area contributed by atoms with Crippen LogP contribution >= 0.6 is 0 Å². The summed E-state index contributed by atoms with van der Waals surface area (Å²) in [5.41, 5.74) is 0. The number of rotatable bonds is 56. The molecule has 0 aromatic heterocycles. The quantitative estimate of drug-likeness (QED) is 0.0343. The van der Waals surface area contributed by atoms with Gasteiger partial charge in [-0.1, -0.05) is 310 Å². The van der Waals surface area contributed by atoms with E-state index in [2.05, 4.69) is 27.7 Å². The van der Waals surface area contributed by atoms with Gasteiger partial charge in [0.1, 0.15) is 13.2 Å². The fraction of sp³-hybridized carbons (Fsp3) is 0.951.